The van der Waals surface area contributed by atoms with E-state index in [4.69, 9.17) is 14.6 Å². The maximum Gasteiger partial charge on any atom is 0.490 e. The number of hydrogen-bond donors (Lipinski definition) is 1. The average Bonchev–Trinajstić information content (AvgIpc) is 2.54. The quantitative estimate of drug-likeness (QED) is 0.871. The maximum atomic E-state index is 12.1. The molecule has 2 aliphatic heterocycles. The third-order valence-corrected chi connectivity index (χ3v) is 4.29. The Kier molecular flexibility index (Phi) is 5.99. The average molecular weight is 360 g/mol. The third kappa shape index (κ3) is 5.42. The van der Waals surface area contributed by atoms with Gasteiger partial charge in [-0.15, -0.1) is 0 Å². The number of carboxylic acid groups (broad SMARTS) is 1. The van der Waals surface area contributed by atoms with Crippen molar-refractivity contribution >= 4 is 11.9 Å². The lowest BCUT2D eigenvalue weighted by atomic mass is 9.77. The summed E-state index contributed by atoms with van der Waals surface area (Å²) in [5, 5.41) is 7.12. The first kappa shape index (κ1) is 19.2. The number of carboxylic acids is 1. The number of aromatic nitrogens is 1. The highest BCUT2D eigenvalue weighted by Crippen LogP contribution is 2.38. The summed E-state index contributed by atoms with van der Waals surface area (Å²) >= 11 is 0. The maximum absolute atomic E-state index is 12.1. The molecule has 1 amide bonds. The Morgan fingerprint density at radius 1 is 1.24 bits per heavy atom. The minimum absolute atomic E-state index is 0.198. The van der Waals surface area contributed by atoms with Crippen molar-refractivity contribution < 1.29 is 32.6 Å². The van der Waals surface area contributed by atoms with Gasteiger partial charge in [0, 0.05) is 30.4 Å². The van der Waals surface area contributed by atoms with Crippen molar-refractivity contribution in [3.05, 3.63) is 30.1 Å². The van der Waals surface area contributed by atoms with Crippen LogP contribution in [0.3, 0.4) is 0 Å². The molecule has 2 aliphatic rings. The largest absolute Gasteiger partial charge is 0.490 e. The van der Waals surface area contributed by atoms with E-state index in [0.717, 1.165) is 44.8 Å². The highest BCUT2D eigenvalue weighted by atomic mass is 19.4. The van der Waals surface area contributed by atoms with Gasteiger partial charge in [0.05, 0.1) is 19.6 Å². The fraction of sp³-hybridized carbons (Fsp3) is 0.562. The van der Waals surface area contributed by atoms with E-state index in [2.05, 4.69) is 4.98 Å². The normalized spacial score (nSPS) is 18.8. The highest BCUT2D eigenvalue weighted by molar-refractivity contribution is 5.78. The van der Waals surface area contributed by atoms with Crippen LogP contribution in [0.25, 0.3) is 0 Å². The summed E-state index contributed by atoms with van der Waals surface area (Å²) in [5.41, 5.74) is 1.25. The molecule has 138 valence electrons. The summed E-state index contributed by atoms with van der Waals surface area (Å²) in [6.45, 7) is 3.51. The summed E-state index contributed by atoms with van der Waals surface area (Å²) < 4.78 is 37.0. The van der Waals surface area contributed by atoms with E-state index in [1.807, 2.05) is 23.1 Å². The Bertz CT molecular complexity index is 593. The number of piperidine rings is 1. The lowest BCUT2D eigenvalue weighted by Gasteiger charge is -2.47. The first-order valence-corrected chi connectivity index (χ1v) is 7.77. The molecule has 9 heteroatoms. The van der Waals surface area contributed by atoms with Gasteiger partial charge in [0.1, 0.15) is 0 Å². The molecule has 1 aromatic rings. The van der Waals surface area contributed by atoms with Crippen molar-refractivity contribution in [3.63, 3.8) is 0 Å². The van der Waals surface area contributed by atoms with Crippen molar-refractivity contribution in [3.8, 4) is 0 Å². The molecular weight excluding hydrogens is 341 g/mol. The summed E-state index contributed by atoms with van der Waals surface area (Å²) in [6, 6.07) is 5.70. The molecule has 0 atom stereocenters. The number of ether oxygens (including phenoxy) is 1. The van der Waals surface area contributed by atoms with Gasteiger partial charge in [-0.25, -0.2) is 4.79 Å². The van der Waals surface area contributed by atoms with Crippen molar-refractivity contribution in [1.29, 1.82) is 0 Å². The molecule has 0 aliphatic carbocycles. The summed E-state index contributed by atoms with van der Waals surface area (Å²) in [7, 11) is 0. The molecule has 0 saturated carbocycles. The van der Waals surface area contributed by atoms with E-state index in [0.29, 0.717) is 11.8 Å². The Morgan fingerprint density at radius 3 is 2.24 bits per heavy atom. The lowest BCUT2D eigenvalue weighted by molar-refractivity contribution is -0.192. The molecule has 1 spiro atoms. The molecule has 0 radical (unpaired) electrons. The van der Waals surface area contributed by atoms with Gasteiger partial charge in [-0.05, 0) is 25.0 Å². The first-order valence-electron chi connectivity index (χ1n) is 7.77. The van der Waals surface area contributed by atoms with E-state index in [-0.39, 0.29) is 5.91 Å². The van der Waals surface area contributed by atoms with Crippen molar-refractivity contribution in [2.75, 3.05) is 26.3 Å². The molecule has 0 aromatic carbocycles. The van der Waals surface area contributed by atoms with Crippen LogP contribution in [0.4, 0.5) is 13.2 Å². The van der Waals surface area contributed by atoms with E-state index in [1.165, 1.54) is 0 Å². The van der Waals surface area contributed by atoms with Gasteiger partial charge < -0.3 is 14.7 Å². The number of carbonyl (C=O) groups excluding carboxylic acids is 1. The SMILES string of the molecule is O=C(Cc1ccccn1)N1CCC2(CC1)COC2.O=C(O)C(F)(F)F. The van der Waals surface area contributed by atoms with Crippen LogP contribution >= 0.6 is 0 Å². The summed E-state index contributed by atoms with van der Waals surface area (Å²) in [5.74, 6) is -2.56. The predicted molar refractivity (Wildman–Crippen MR) is 80.7 cm³/mol. The van der Waals surface area contributed by atoms with Crippen molar-refractivity contribution in [1.82, 2.24) is 9.88 Å². The molecule has 0 unspecified atom stereocenters. The summed E-state index contributed by atoms with van der Waals surface area (Å²) in [6.07, 6.45) is -0.758. The number of hydrogen-bond acceptors (Lipinski definition) is 4. The van der Waals surface area contributed by atoms with Crippen LogP contribution in [-0.2, 0) is 20.7 Å². The number of amides is 1. The smallest absolute Gasteiger partial charge is 0.475 e. The van der Waals surface area contributed by atoms with Gasteiger partial charge in [-0.2, -0.15) is 13.2 Å². The Hall–Kier alpha value is -2.16. The second-order valence-electron chi connectivity index (χ2n) is 6.17. The molecule has 1 N–H and O–H groups in total. The van der Waals surface area contributed by atoms with Gasteiger partial charge in [0.25, 0.3) is 0 Å². The van der Waals surface area contributed by atoms with Crippen LogP contribution in [0.2, 0.25) is 0 Å². The van der Waals surface area contributed by atoms with Crippen molar-refractivity contribution in [2.24, 2.45) is 5.41 Å². The molecule has 3 heterocycles. The van der Waals surface area contributed by atoms with Gasteiger partial charge in [-0.1, -0.05) is 6.07 Å². The summed E-state index contributed by atoms with van der Waals surface area (Å²) in [4.78, 5) is 27.2. The first-order chi connectivity index (χ1) is 11.7. The van der Waals surface area contributed by atoms with Crippen LogP contribution in [0.1, 0.15) is 18.5 Å². The minimum Gasteiger partial charge on any atom is -0.475 e. The predicted octanol–water partition coefficient (Wildman–Crippen LogP) is 1.90. The molecule has 1 aromatic heterocycles. The highest BCUT2D eigenvalue weighted by Gasteiger charge is 2.41. The number of alkyl halides is 3. The van der Waals surface area contributed by atoms with Gasteiger partial charge in [-0.3, -0.25) is 9.78 Å². The number of carbonyl (C=O) groups is 2. The molecule has 2 fully saturated rings. The third-order valence-electron chi connectivity index (χ3n) is 4.29. The molecule has 25 heavy (non-hydrogen) atoms. The number of aliphatic carboxylic acids is 1. The Balaban J connectivity index is 0.000000277. The number of nitrogens with zero attached hydrogens (tertiary/aromatic N) is 2. The van der Waals surface area contributed by atoms with Crippen LogP contribution in [0.15, 0.2) is 24.4 Å². The Morgan fingerprint density at radius 2 is 1.84 bits per heavy atom. The standard InChI is InChI=1S/C14H18N2O2.C2HF3O2/c17-13(9-12-3-1-2-6-15-12)16-7-4-14(5-8-16)10-18-11-14;3-2(4,5)1(6)7/h1-3,6H,4-5,7-11H2;(H,6,7). The zero-order chi connectivity index (χ0) is 18.5. The molecule has 2 saturated heterocycles. The van der Waals surface area contributed by atoms with Crippen LogP contribution in [-0.4, -0.2) is 59.3 Å². The number of likely N-dealkylation sites (tertiary alicyclic amines) is 1. The Labute approximate surface area is 142 Å². The second kappa shape index (κ2) is 7.81. The van der Waals surface area contributed by atoms with Gasteiger partial charge >= 0.3 is 12.1 Å². The zero-order valence-electron chi connectivity index (χ0n) is 13.5. The van der Waals surface area contributed by atoms with E-state index in [1.54, 1.807) is 6.20 Å². The van der Waals surface area contributed by atoms with Crippen LogP contribution < -0.4 is 0 Å². The number of rotatable bonds is 2. The molecule has 3 rings (SSSR count). The van der Waals surface area contributed by atoms with E-state index >= 15 is 0 Å². The van der Waals surface area contributed by atoms with Gasteiger partial charge in [0.2, 0.25) is 5.91 Å². The van der Waals surface area contributed by atoms with Crippen LogP contribution in [0.5, 0.6) is 0 Å². The number of halogens is 3. The number of pyridine rings is 1. The second-order valence-corrected chi connectivity index (χ2v) is 6.17. The van der Waals surface area contributed by atoms with Crippen molar-refractivity contribution in [2.45, 2.75) is 25.4 Å². The zero-order valence-corrected chi connectivity index (χ0v) is 13.5. The van der Waals surface area contributed by atoms with Gasteiger partial charge in [0.15, 0.2) is 0 Å². The lowest BCUT2D eigenvalue weighted by Crippen LogP contribution is -2.52. The minimum atomic E-state index is -5.08. The van der Waals surface area contributed by atoms with E-state index < -0.39 is 12.1 Å². The molecular formula is C16H19F3N2O4. The molecule has 6 nitrogen and oxygen atoms in total. The van der Waals surface area contributed by atoms with Crippen LogP contribution in [0, 0.1) is 5.41 Å². The fourth-order valence-corrected chi connectivity index (χ4v) is 2.68. The van der Waals surface area contributed by atoms with E-state index in [9.17, 15) is 18.0 Å². The monoisotopic (exact) mass is 360 g/mol. The fourth-order valence-electron chi connectivity index (χ4n) is 2.68. The topological polar surface area (TPSA) is 79.7 Å². The molecule has 0 bridgehead atoms.